The highest BCUT2D eigenvalue weighted by molar-refractivity contribution is 7.67. The maximum absolute atomic E-state index is 15.0. The molecule has 0 amide bonds. The van der Waals surface area contributed by atoms with E-state index in [0.717, 1.165) is 47.9 Å². The number of hydrogen-bond acceptors (Lipinski definition) is 4. The van der Waals surface area contributed by atoms with Crippen LogP contribution in [-0.4, -0.2) is 20.2 Å². The van der Waals surface area contributed by atoms with Crippen molar-refractivity contribution in [1.29, 1.82) is 0 Å². The highest BCUT2D eigenvalue weighted by Crippen LogP contribution is 2.60. The first-order valence-corrected chi connectivity index (χ1v) is 13.2. The Morgan fingerprint density at radius 3 is 2.03 bits per heavy atom. The van der Waals surface area contributed by atoms with E-state index in [0.29, 0.717) is 0 Å². The zero-order valence-corrected chi connectivity index (χ0v) is 19.9. The second-order valence-electron chi connectivity index (χ2n) is 8.70. The largest absolute Gasteiger partial charge is 0.378 e. The molecule has 1 aliphatic rings. The van der Waals surface area contributed by atoms with E-state index < -0.39 is 13.2 Å². The molecule has 3 aromatic carbocycles. The molecule has 0 aromatic heterocycles. The van der Waals surface area contributed by atoms with Crippen molar-refractivity contribution in [3.8, 4) is 0 Å². The first kappa shape index (κ1) is 22.6. The van der Waals surface area contributed by atoms with Crippen molar-refractivity contribution in [3.05, 3.63) is 90.5 Å². The number of nitrogens with one attached hydrogen (secondary N) is 1. The first-order chi connectivity index (χ1) is 15.6. The Bertz CT molecular complexity index is 1020. The third-order valence-corrected chi connectivity index (χ3v) is 8.85. The van der Waals surface area contributed by atoms with Crippen LogP contribution < -0.4 is 15.5 Å². The van der Waals surface area contributed by atoms with Gasteiger partial charge in [-0.2, -0.15) is 0 Å². The molecule has 0 radical (unpaired) electrons. The molecule has 1 aliphatic carbocycles. The fourth-order valence-corrected chi connectivity index (χ4v) is 6.96. The van der Waals surface area contributed by atoms with Crippen molar-refractivity contribution in [1.82, 2.24) is 0 Å². The van der Waals surface area contributed by atoms with Gasteiger partial charge in [-0.05, 0) is 54.8 Å². The smallest absolute Gasteiger partial charge is 0.258 e. The summed E-state index contributed by atoms with van der Waals surface area (Å²) in [6.07, 6.45) is 5.44. The first-order valence-electron chi connectivity index (χ1n) is 11.5. The topological polar surface area (TPSA) is 41.6 Å². The van der Waals surface area contributed by atoms with Crippen LogP contribution in [0.5, 0.6) is 0 Å². The number of anilines is 2. The molecule has 0 unspecified atom stereocenters. The van der Waals surface area contributed by atoms with Gasteiger partial charge < -0.3 is 14.7 Å². The standard InChI is InChI=1S/C27H33N2O2P/c1-29(2)24-18-20-26(21-19-24)32(30,31-25-16-10-5-11-17-25)27(22-12-6-3-7-13-22)28-23-14-8-4-9-15-23/h3-4,6-9,12-15,18-21,25,27-28H,5,10-11,16-17H2,1-2H3/t27-,32-/m0/s1. The van der Waals surface area contributed by atoms with Gasteiger partial charge in [0.15, 0.2) is 0 Å². The molecule has 1 fully saturated rings. The van der Waals surface area contributed by atoms with Gasteiger partial charge >= 0.3 is 0 Å². The van der Waals surface area contributed by atoms with Gasteiger partial charge in [0, 0.05) is 30.8 Å². The van der Waals surface area contributed by atoms with E-state index in [2.05, 4.69) is 5.32 Å². The lowest BCUT2D eigenvalue weighted by molar-refractivity contribution is 0.159. The van der Waals surface area contributed by atoms with Crippen LogP contribution in [-0.2, 0) is 9.09 Å². The molecule has 1 N–H and O–H groups in total. The van der Waals surface area contributed by atoms with Gasteiger partial charge in [-0.1, -0.05) is 67.8 Å². The lowest BCUT2D eigenvalue weighted by atomic mass is 9.98. The van der Waals surface area contributed by atoms with Crippen LogP contribution in [0.1, 0.15) is 43.5 Å². The third-order valence-electron chi connectivity index (χ3n) is 6.12. The Balaban J connectivity index is 1.79. The van der Waals surface area contributed by atoms with Crippen molar-refractivity contribution >= 4 is 24.0 Å². The molecule has 1 saturated carbocycles. The van der Waals surface area contributed by atoms with Gasteiger partial charge in [0.1, 0.15) is 5.78 Å². The number of para-hydroxylation sites is 1. The van der Waals surface area contributed by atoms with E-state index in [1.165, 1.54) is 6.42 Å². The van der Waals surface area contributed by atoms with Crippen LogP contribution >= 0.6 is 7.37 Å². The van der Waals surface area contributed by atoms with E-state index in [9.17, 15) is 4.57 Å². The van der Waals surface area contributed by atoms with Crippen LogP contribution in [0.2, 0.25) is 0 Å². The van der Waals surface area contributed by atoms with E-state index >= 15 is 0 Å². The van der Waals surface area contributed by atoms with Crippen molar-refractivity contribution in [2.24, 2.45) is 0 Å². The summed E-state index contributed by atoms with van der Waals surface area (Å²) >= 11 is 0. The molecule has 0 spiro atoms. The second-order valence-corrected chi connectivity index (χ2v) is 11.1. The lowest BCUT2D eigenvalue weighted by Crippen LogP contribution is -2.25. The number of benzene rings is 3. The van der Waals surface area contributed by atoms with Crippen LogP contribution in [0.25, 0.3) is 0 Å². The lowest BCUT2D eigenvalue weighted by Gasteiger charge is -2.34. The number of rotatable bonds is 8. The Labute approximate surface area is 192 Å². The monoisotopic (exact) mass is 448 g/mol. The molecule has 32 heavy (non-hydrogen) atoms. The van der Waals surface area contributed by atoms with Gasteiger partial charge in [0.25, 0.3) is 7.37 Å². The summed E-state index contributed by atoms with van der Waals surface area (Å²) in [5.41, 5.74) is 2.97. The molecular formula is C27H33N2O2P. The number of hydrogen-bond donors (Lipinski definition) is 1. The quantitative estimate of drug-likeness (QED) is 0.384. The molecular weight excluding hydrogens is 415 g/mol. The SMILES string of the molecule is CN(C)c1ccc([P@](=O)(OC2CCCCC2)[C@H](Nc2ccccc2)c2ccccc2)cc1. The highest BCUT2D eigenvalue weighted by Gasteiger charge is 2.40. The summed E-state index contributed by atoms with van der Waals surface area (Å²) in [6, 6.07) is 28.0. The van der Waals surface area contributed by atoms with Crippen molar-refractivity contribution in [3.63, 3.8) is 0 Å². The zero-order chi connectivity index (χ0) is 22.4. The van der Waals surface area contributed by atoms with Crippen LogP contribution in [0.3, 0.4) is 0 Å². The van der Waals surface area contributed by atoms with Crippen LogP contribution in [0.4, 0.5) is 11.4 Å². The van der Waals surface area contributed by atoms with Crippen molar-refractivity contribution in [2.45, 2.75) is 44.0 Å². The summed E-state index contributed by atoms with van der Waals surface area (Å²) in [5, 5.41) is 4.32. The summed E-state index contributed by atoms with van der Waals surface area (Å²) in [6.45, 7) is 0. The zero-order valence-electron chi connectivity index (χ0n) is 19.0. The average molecular weight is 449 g/mol. The third kappa shape index (κ3) is 5.26. The van der Waals surface area contributed by atoms with Crippen molar-refractivity contribution in [2.75, 3.05) is 24.3 Å². The summed E-state index contributed by atoms with van der Waals surface area (Å²) in [7, 11) is 0.704. The second kappa shape index (κ2) is 10.4. The highest BCUT2D eigenvalue weighted by atomic mass is 31.2. The fourth-order valence-electron chi connectivity index (χ4n) is 4.31. The van der Waals surface area contributed by atoms with E-state index in [1.54, 1.807) is 0 Å². The molecule has 3 aromatic rings. The fraction of sp³-hybridized carbons (Fsp3) is 0.333. The van der Waals surface area contributed by atoms with E-state index in [4.69, 9.17) is 4.52 Å². The van der Waals surface area contributed by atoms with Crippen LogP contribution in [0.15, 0.2) is 84.9 Å². The van der Waals surface area contributed by atoms with Crippen molar-refractivity contribution < 1.29 is 9.09 Å². The van der Waals surface area contributed by atoms with Gasteiger partial charge in [-0.25, -0.2) is 0 Å². The van der Waals surface area contributed by atoms with Gasteiger partial charge in [-0.15, -0.1) is 0 Å². The van der Waals surface area contributed by atoms with E-state index in [-0.39, 0.29) is 6.10 Å². The van der Waals surface area contributed by atoms with Gasteiger partial charge in [0.05, 0.1) is 6.10 Å². The normalized spacial score (nSPS) is 17.3. The molecule has 0 bridgehead atoms. The molecule has 168 valence electrons. The summed E-state index contributed by atoms with van der Waals surface area (Å²) < 4.78 is 21.6. The molecule has 5 heteroatoms. The average Bonchev–Trinajstić information content (AvgIpc) is 2.84. The van der Waals surface area contributed by atoms with Crippen LogP contribution in [0, 0.1) is 0 Å². The summed E-state index contributed by atoms with van der Waals surface area (Å²) in [5.74, 6) is -0.474. The molecule has 4 nitrogen and oxygen atoms in total. The van der Waals surface area contributed by atoms with Gasteiger partial charge in [-0.3, -0.25) is 4.57 Å². The Morgan fingerprint density at radius 1 is 0.844 bits per heavy atom. The van der Waals surface area contributed by atoms with E-state index in [1.807, 2.05) is 104 Å². The minimum absolute atomic E-state index is 0.0203. The minimum atomic E-state index is -3.32. The number of nitrogens with zero attached hydrogens (tertiary/aromatic N) is 1. The molecule has 0 heterocycles. The Hall–Kier alpha value is -2.55. The Kier molecular flexibility index (Phi) is 7.34. The predicted molar refractivity (Wildman–Crippen MR) is 135 cm³/mol. The molecule has 0 saturated heterocycles. The minimum Gasteiger partial charge on any atom is -0.378 e. The predicted octanol–water partition coefficient (Wildman–Crippen LogP) is 6.82. The molecule has 2 atom stereocenters. The maximum Gasteiger partial charge on any atom is 0.258 e. The Morgan fingerprint density at radius 2 is 1.44 bits per heavy atom. The molecule has 4 rings (SSSR count). The van der Waals surface area contributed by atoms with Gasteiger partial charge in [0.2, 0.25) is 0 Å². The molecule has 0 aliphatic heterocycles. The maximum atomic E-state index is 15.0. The summed E-state index contributed by atoms with van der Waals surface area (Å²) in [4.78, 5) is 2.05.